The topological polar surface area (TPSA) is 53.4 Å². The van der Waals surface area contributed by atoms with Gasteiger partial charge in [-0.3, -0.25) is 4.98 Å². The molecule has 0 bridgehead atoms. The molecule has 1 aromatic carbocycles. The van der Waals surface area contributed by atoms with Gasteiger partial charge < -0.3 is 10.2 Å². The molecule has 1 unspecified atom stereocenters. The second kappa shape index (κ2) is 7.16. The molecule has 152 valence electrons. The number of aromatic nitrogens is 1. The summed E-state index contributed by atoms with van der Waals surface area (Å²) in [6.45, 7) is 8.12. The normalized spacial score (nSPS) is 20.1. The van der Waals surface area contributed by atoms with Crippen molar-refractivity contribution in [2.75, 3.05) is 0 Å². The van der Waals surface area contributed by atoms with Gasteiger partial charge in [0.2, 0.25) is 0 Å². The van der Waals surface area contributed by atoms with Gasteiger partial charge in [0.25, 0.3) is 0 Å². The number of pyridine rings is 1. The number of nitrogens with zero attached hydrogens (tertiary/aromatic N) is 1. The molecule has 0 fully saturated rings. The maximum absolute atomic E-state index is 12.8. The number of alkyl halides is 3. The van der Waals surface area contributed by atoms with Crippen LogP contribution in [0.4, 0.5) is 13.2 Å². The van der Waals surface area contributed by atoms with Crippen molar-refractivity contribution in [3.8, 4) is 0 Å². The molecule has 0 saturated heterocycles. The van der Waals surface area contributed by atoms with Crippen LogP contribution in [-0.2, 0) is 12.6 Å². The van der Waals surface area contributed by atoms with E-state index in [0.717, 1.165) is 35.4 Å². The lowest BCUT2D eigenvalue weighted by Crippen LogP contribution is -2.28. The largest absolute Gasteiger partial charge is 0.416 e. The first-order valence-electron chi connectivity index (χ1n) is 9.45. The molecule has 3 nitrogen and oxygen atoms in total. The van der Waals surface area contributed by atoms with Crippen LogP contribution in [0.5, 0.6) is 0 Å². The van der Waals surface area contributed by atoms with E-state index in [0.29, 0.717) is 17.5 Å². The zero-order valence-electron chi connectivity index (χ0n) is 16.5. The second-order valence-corrected chi connectivity index (χ2v) is 8.73. The van der Waals surface area contributed by atoms with Crippen LogP contribution < -0.4 is 0 Å². The third-order valence-corrected chi connectivity index (χ3v) is 5.42. The predicted molar refractivity (Wildman–Crippen MR) is 101 cm³/mol. The molecule has 0 spiro atoms. The Labute approximate surface area is 163 Å². The van der Waals surface area contributed by atoms with Gasteiger partial charge >= 0.3 is 6.18 Å². The van der Waals surface area contributed by atoms with Gasteiger partial charge in [-0.05, 0) is 47.4 Å². The Hall–Kier alpha value is -1.92. The SMILES string of the molecule is CC(C)c1c(C(O)c2ccc(C(F)(F)F)cc2)cnc2c1[C@@H](O)CC(C)(C)C2. The molecule has 2 atom stereocenters. The van der Waals surface area contributed by atoms with Crippen molar-refractivity contribution < 1.29 is 23.4 Å². The molecule has 0 aliphatic heterocycles. The Balaban J connectivity index is 2.06. The molecule has 1 aromatic heterocycles. The van der Waals surface area contributed by atoms with Crippen LogP contribution in [0.3, 0.4) is 0 Å². The average Bonchev–Trinajstić information content (AvgIpc) is 2.58. The van der Waals surface area contributed by atoms with Crippen molar-refractivity contribution in [1.29, 1.82) is 0 Å². The minimum atomic E-state index is -4.42. The van der Waals surface area contributed by atoms with Gasteiger partial charge in [-0.2, -0.15) is 13.2 Å². The molecular weight excluding hydrogens is 367 g/mol. The number of benzene rings is 1. The highest BCUT2D eigenvalue weighted by atomic mass is 19.4. The smallest absolute Gasteiger partial charge is 0.388 e. The molecule has 6 heteroatoms. The Morgan fingerprint density at radius 2 is 1.75 bits per heavy atom. The van der Waals surface area contributed by atoms with Crippen molar-refractivity contribution in [3.63, 3.8) is 0 Å². The lowest BCUT2D eigenvalue weighted by Gasteiger charge is -2.36. The van der Waals surface area contributed by atoms with Crippen LogP contribution in [-0.4, -0.2) is 15.2 Å². The number of aliphatic hydroxyl groups is 2. The summed E-state index contributed by atoms with van der Waals surface area (Å²) in [7, 11) is 0. The minimum Gasteiger partial charge on any atom is -0.388 e. The van der Waals surface area contributed by atoms with E-state index in [1.807, 2.05) is 13.8 Å². The van der Waals surface area contributed by atoms with Gasteiger partial charge in [-0.25, -0.2) is 0 Å². The Kier molecular flexibility index (Phi) is 5.32. The molecule has 2 aromatic rings. The summed E-state index contributed by atoms with van der Waals surface area (Å²) in [5, 5.41) is 21.7. The summed E-state index contributed by atoms with van der Waals surface area (Å²) < 4.78 is 38.4. The van der Waals surface area contributed by atoms with Crippen LogP contribution in [0.2, 0.25) is 0 Å². The number of aliphatic hydroxyl groups excluding tert-OH is 2. The van der Waals surface area contributed by atoms with Gasteiger partial charge in [0.15, 0.2) is 0 Å². The van der Waals surface area contributed by atoms with Gasteiger partial charge in [0.05, 0.1) is 11.7 Å². The van der Waals surface area contributed by atoms with Crippen molar-refractivity contribution in [1.82, 2.24) is 4.98 Å². The fourth-order valence-electron chi connectivity index (χ4n) is 4.16. The van der Waals surface area contributed by atoms with E-state index in [-0.39, 0.29) is 11.3 Å². The average molecular weight is 393 g/mol. The summed E-state index contributed by atoms with van der Waals surface area (Å²) in [5.74, 6) is 0.0201. The summed E-state index contributed by atoms with van der Waals surface area (Å²) in [6, 6.07) is 4.51. The monoisotopic (exact) mass is 393 g/mol. The second-order valence-electron chi connectivity index (χ2n) is 8.73. The summed E-state index contributed by atoms with van der Waals surface area (Å²) in [4.78, 5) is 4.51. The van der Waals surface area contributed by atoms with Crippen molar-refractivity contribution in [2.24, 2.45) is 5.41 Å². The highest BCUT2D eigenvalue weighted by Crippen LogP contribution is 2.45. The molecule has 1 aliphatic carbocycles. The van der Waals surface area contributed by atoms with Crippen LogP contribution in [0.15, 0.2) is 30.5 Å². The van der Waals surface area contributed by atoms with E-state index in [4.69, 9.17) is 0 Å². The van der Waals surface area contributed by atoms with Gasteiger partial charge in [0, 0.05) is 23.0 Å². The molecule has 28 heavy (non-hydrogen) atoms. The van der Waals surface area contributed by atoms with Gasteiger partial charge in [-0.1, -0.05) is 39.8 Å². The van der Waals surface area contributed by atoms with E-state index in [2.05, 4.69) is 18.8 Å². The lowest BCUT2D eigenvalue weighted by atomic mass is 9.72. The zero-order valence-corrected chi connectivity index (χ0v) is 16.5. The van der Waals surface area contributed by atoms with Crippen LogP contribution in [0.25, 0.3) is 0 Å². The van der Waals surface area contributed by atoms with Crippen LogP contribution in [0.1, 0.15) is 85.8 Å². The number of halogens is 3. The molecule has 1 heterocycles. The van der Waals surface area contributed by atoms with Crippen LogP contribution >= 0.6 is 0 Å². The summed E-state index contributed by atoms with van der Waals surface area (Å²) in [6.07, 6.45) is -3.28. The molecule has 1 aliphatic rings. The van der Waals surface area contributed by atoms with E-state index in [1.165, 1.54) is 12.1 Å². The van der Waals surface area contributed by atoms with E-state index >= 15 is 0 Å². The molecule has 0 amide bonds. The minimum absolute atomic E-state index is 0.0201. The van der Waals surface area contributed by atoms with Crippen molar-refractivity contribution >= 4 is 0 Å². The van der Waals surface area contributed by atoms with E-state index in [9.17, 15) is 23.4 Å². The maximum atomic E-state index is 12.8. The van der Waals surface area contributed by atoms with Crippen molar-refractivity contribution in [3.05, 3.63) is 64.0 Å². The van der Waals surface area contributed by atoms with E-state index in [1.54, 1.807) is 6.20 Å². The number of rotatable bonds is 3. The number of hydrogen-bond acceptors (Lipinski definition) is 3. The first-order valence-corrected chi connectivity index (χ1v) is 9.45. The third kappa shape index (κ3) is 3.94. The maximum Gasteiger partial charge on any atom is 0.416 e. The number of fused-ring (bicyclic) bond motifs is 1. The van der Waals surface area contributed by atoms with Crippen molar-refractivity contribution in [2.45, 2.75) is 64.8 Å². The fraction of sp³-hybridized carbons (Fsp3) is 0.500. The van der Waals surface area contributed by atoms with Crippen LogP contribution in [0, 0.1) is 5.41 Å². The predicted octanol–water partition coefficient (Wildman–Crippen LogP) is 5.31. The first-order chi connectivity index (χ1) is 12.9. The first kappa shape index (κ1) is 20.8. The molecule has 0 radical (unpaired) electrons. The fourth-order valence-corrected chi connectivity index (χ4v) is 4.16. The van der Waals surface area contributed by atoms with Gasteiger partial charge in [0.1, 0.15) is 6.10 Å². The number of hydrogen-bond donors (Lipinski definition) is 2. The molecular formula is C22H26F3NO2. The zero-order chi connectivity index (χ0) is 20.9. The highest BCUT2D eigenvalue weighted by Gasteiger charge is 2.36. The quantitative estimate of drug-likeness (QED) is 0.743. The third-order valence-electron chi connectivity index (χ3n) is 5.42. The standard InChI is InChI=1S/C22H26F3NO2/c1-12(2)18-15(11-26-16-9-21(3,4)10-17(27)19(16)18)20(28)13-5-7-14(8-6-13)22(23,24)25/h5-8,11-12,17,20,27-28H,9-10H2,1-4H3/t17-,20?/m0/s1. The van der Waals surface area contributed by atoms with E-state index < -0.39 is 23.9 Å². The van der Waals surface area contributed by atoms with Gasteiger partial charge in [-0.15, -0.1) is 0 Å². The Bertz CT molecular complexity index is 857. The Morgan fingerprint density at radius 3 is 2.29 bits per heavy atom. The highest BCUT2D eigenvalue weighted by molar-refractivity contribution is 5.46. The molecule has 3 rings (SSSR count). The Morgan fingerprint density at radius 1 is 1.14 bits per heavy atom. The molecule has 0 saturated carbocycles. The summed E-state index contributed by atoms with van der Waals surface area (Å²) >= 11 is 0. The lowest BCUT2D eigenvalue weighted by molar-refractivity contribution is -0.137. The summed E-state index contributed by atoms with van der Waals surface area (Å²) in [5.41, 5.74) is 2.50. The molecule has 2 N–H and O–H groups in total.